The van der Waals surface area contributed by atoms with Crippen LogP contribution in [-0.4, -0.2) is 18.1 Å². The first-order chi connectivity index (χ1) is 12.2. The third-order valence-corrected chi connectivity index (χ3v) is 3.87. The van der Waals surface area contributed by atoms with Crippen LogP contribution in [0, 0.1) is 0 Å². The van der Waals surface area contributed by atoms with Gasteiger partial charge < -0.3 is 9.47 Å². The standard InChI is InChI=1S/C21H19NO3/c1-3-19-18(21(23)24-2)13-14-20(22-19)25-17-11-9-16(10-12-17)15-7-5-4-6-8-15/h4-14H,3H2,1-2H3. The molecule has 0 aliphatic heterocycles. The minimum Gasteiger partial charge on any atom is -0.465 e. The minimum absolute atomic E-state index is 0.386. The van der Waals surface area contributed by atoms with Crippen LogP contribution in [0.1, 0.15) is 23.0 Å². The number of hydrogen-bond donors (Lipinski definition) is 0. The summed E-state index contributed by atoms with van der Waals surface area (Å²) in [4.78, 5) is 16.1. The molecule has 0 aliphatic rings. The van der Waals surface area contributed by atoms with Gasteiger partial charge in [-0.1, -0.05) is 49.4 Å². The van der Waals surface area contributed by atoms with Gasteiger partial charge in [0.15, 0.2) is 0 Å². The van der Waals surface area contributed by atoms with Gasteiger partial charge in [0.25, 0.3) is 0 Å². The van der Waals surface area contributed by atoms with Crippen LogP contribution in [0.15, 0.2) is 66.7 Å². The fourth-order valence-corrected chi connectivity index (χ4v) is 2.57. The maximum absolute atomic E-state index is 11.7. The van der Waals surface area contributed by atoms with Crippen LogP contribution >= 0.6 is 0 Å². The van der Waals surface area contributed by atoms with E-state index >= 15 is 0 Å². The summed E-state index contributed by atoms with van der Waals surface area (Å²) >= 11 is 0. The normalized spacial score (nSPS) is 10.3. The van der Waals surface area contributed by atoms with Crippen molar-refractivity contribution in [3.63, 3.8) is 0 Å². The SMILES string of the molecule is CCc1nc(Oc2ccc(-c3ccccc3)cc2)ccc1C(=O)OC. The second-order valence-electron chi connectivity index (χ2n) is 5.48. The molecule has 1 aromatic heterocycles. The van der Waals surface area contributed by atoms with E-state index in [1.807, 2.05) is 49.4 Å². The molecule has 4 nitrogen and oxygen atoms in total. The molecular weight excluding hydrogens is 314 g/mol. The number of aromatic nitrogens is 1. The van der Waals surface area contributed by atoms with Gasteiger partial charge >= 0.3 is 5.97 Å². The largest absolute Gasteiger partial charge is 0.465 e. The summed E-state index contributed by atoms with van der Waals surface area (Å²) in [6.07, 6.45) is 0.620. The molecule has 4 heteroatoms. The van der Waals surface area contributed by atoms with E-state index in [0.29, 0.717) is 29.3 Å². The van der Waals surface area contributed by atoms with Crippen molar-refractivity contribution in [3.8, 4) is 22.8 Å². The van der Waals surface area contributed by atoms with E-state index in [4.69, 9.17) is 9.47 Å². The van der Waals surface area contributed by atoms with Crippen molar-refractivity contribution in [1.29, 1.82) is 0 Å². The van der Waals surface area contributed by atoms with Crippen LogP contribution in [0.25, 0.3) is 11.1 Å². The van der Waals surface area contributed by atoms with Crippen molar-refractivity contribution in [2.75, 3.05) is 7.11 Å². The lowest BCUT2D eigenvalue weighted by atomic mass is 10.1. The second kappa shape index (κ2) is 7.62. The maximum atomic E-state index is 11.7. The molecule has 3 aromatic rings. The molecule has 0 spiro atoms. The van der Waals surface area contributed by atoms with Gasteiger partial charge in [-0.15, -0.1) is 0 Å². The first-order valence-corrected chi connectivity index (χ1v) is 8.13. The Morgan fingerprint density at radius 3 is 2.24 bits per heavy atom. The summed E-state index contributed by atoms with van der Waals surface area (Å²) in [6.45, 7) is 1.94. The Bertz CT molecular complexity index is 858. The third kappa shape index (κ3) is 3.86. The fourth-order valence-electron chi connectivity index (χ4n) is 2.57. The number of rotatable bonds is 5. The van der Waals surface area contributed by atoms with Crippen molar-refractivity contribution in [3.05, 3.63) is 78.0 Å². The number of carbonyl (C=O) groups excluding carboxylic acids is 1. The monoisotopic (exact) mass is 333 g/mol. The van der Waals surface area contributed by atoms with Crippen molar-refractivity contribution in [2.45, 2.75) is 13.3 Å². The maximum Gasteiger partial charge on any atom is 0.339 e. The first-order valence-electron chi connectivity index (χ1n) is 8.13. The van der Waals surface area contributed by atoms with E-state index in [1.54, 1.807) is 12.1 Å². The Kier molecular flexibility index (Phi) is 5.09. The van der Waals surface area contributed by atoms with Crippen LogP contribution in [0.2, 0.25) is 0 Å². The fraction of sp³-hybridized carbons (Fsp3) is 0.143. The van der Waals surface area contributed by atoms with E-state index in [1.165, 1.54) is 7.11 Å². The van der Waals surface area contributed by atoms with E-state index in [9.17, 15) is 4.79 Å². The number of ether oxygens (including phenoxy) is 2. The number of nitrogens with zero attached hydrogens (tertiary/aromatic N) is 1. The lowest BCUT2D eigenvalue weighted by Gasteiger charge is -2.10. The lowest BCUT2D eigenvalue weighted by Crippen LogP contribution is -2.07. The van der Waals surface area contributed by atoms with Crippen molar-refractivity contribution >= 4 is 5.97 Å². The number of benzene rings is 2. The predicted molar refractivity (Wildman–Crippen MR) is 96.9 cm³/mol. The Morgan fingerprint density at radius 1 is 0.920 bits per heavy atom. The molecule has 0 atom stereocenters. The Morgan fingerprint density at radius 2 is 1.60 bits per heavy atom. The number of aryl methyl sites for hydroxylation is 1. The topological polar surface area (TPSA) is 48.4 Å². The molecule has 0 unspecified atom stereocenters. The van der Waals surface area contributed by atoms with Crippen LogP contribution in [0.4, 0.5) is 0 Å². The quantitative estimate of drug-likeness (QED) is 0.624. The number of pyridine rings is 1. The highest BCUT2D eigenvalue weighted by Crippen LogP contribution is 2.25. The molecule has 0 saturated carbocycles. The molecule has 25 heavy (non-hydrogen) atoms. The number of carbonyl (C=O) groups is 1. The van der Waals surface area contributed by atoms with Gasteiger partial charge in [0.2, 0.25) is 5.88 Å². The zero-order chi connectivity index (χ0) is 17.6. The zero-order valence-corrected chi connectivity index (χ0v) is 14.2. The van der Waals surface area contributed by atoms with Crippen molar-refractivity contribution < 1.29 is 14.3 Å². The van der Waals surface area contributed by atoms with Crippen molar-refractivity contribution in [2.24, 2.45) is 0 Å². The Labute approximate surface area is 147 Å². The highest BCUT2D eigenvalue weighted by molar-refractivity contribution is 5.90. The number of hydrogen-bond acceptors (Lipinski definition) is 4. The van der Waals surface area contributed by atoms with Crippen LogP contribution in [0.5, 0.6) is 11.6 Å². The molecule has 0 radical (unpaired) electrons. The molecule has 0 saturated heterocycles. The molecule has 1 heterocycles. The summed E-state index contributed by atoms with van der Waals surface area (Å²) in [5.41, 5.74) is 3.40. The van der Waals surface area contributed by atoms with Gasteiger partial charge in [-0.25, -0.2) is 9.78 Å². The second-order valence-corrected chi connectivity index (χ2v) is 5.48. The van der Waals surface area contributed by atoms with Crippen LogP contribution in [0.3, 0.4) is 0 Å². The van der Waals surface area contributed by atoms with Gasteiger partial charge in [0.1, 0.15) is 5.75 Å². The highest BCUT2D eigenvalue weighted by Gasteiger charge is 2.13. The molecule has 0 N–H and O–H groups in total. The Hall–Kier alpha value is -3.14. The average molecular weight is 333 g/mol. The minimum atomic E-state index is -0.386. The van der Waals surface area contributed by atoms with Gasteiger partial charge in [0, 0.05) is 6.07 Å². The zero-order valence-electron chi connectivity index (χ0n) is 14.2. The first kappa shape index (κ1) is 16.7. The van der Waals surface area contributed by atoms with E-state index in [-0.39, 0.29) is 5.97 Å². The molecular formula is C21H19NO3. The van der Waals surface area contributed by atoms with Crippen LogP contribution in [-0.2, 0) is 11.2 Å². The lowest BCUT2D eigenvalue weighted by molar-refractivity contribution is 0.0599. The molecule has 126 valence electrons. The molecule has 0 bridgehead atoms. The average Bonchev–Trinajstić information content (AvgIpc) is 2.68. The van der Waals surface area contributed by atoms with E-state index in [0.717, 1.165) is 11.1 Å². The molecule has 0 aliphatic carbocycles. The van der Waals surface area contributed by atoms with Gasteiger partial charge in [-0.05, 0) is 35.7 Å². The molecule has 0 fully saturated rings. The summed E-state index contributed by atoms with van der Waals surface area (Å²) in [5, 5.41) is 0. The summed E-state index contributed by atoms with van der Waals surface area (Å²) < 4.78 is 10.6. The summed E-state index contributed by atoms with van der Waals surface area (Å²) in [6, 6.07) is 21.3. The van der Waals surface area contributed by atoms with E-state index < -0.39 is 0 Å². The smallest absolute Gasteiger partial charge is 0.339 e. The van der Waals surface area contributed by atoms with Crippen LogP contribution < -0.4 is 4.74 Å². The number of methoxy groups -OCH3 is 1. The predicted octanol–water partition coefficient (Wildman–Crippen LogP) is 4.89. The molecule has 3 rings (SSSR count). The Balaban J connectivity index is 1.79. The third-order valence-electron chi connectivity index (χ3n) is 3.87. The highest BCUT2D eigenvalue weighted by atomic mass is 16.5. The van der Waals surface area contributed by atoms with Gasteiger partial charge in [-0.3, -0.25) is 0 Å². The van der Waals surface area contributed by atoms with Gasteiger partial charge in [0.05, 0.1) is 18.4 Å². The van der Waals surface area contributed by atoms with Gasteiger partial charge in [-0.2, -0.15) is 0 Å². The molecule has 0 amide bonds. The number of esters is 1. The van der Waals surface area contributed by atoms with Crippen molar-refractivity contribution in [1.82, 2.24) is 4.98 Å². The summed E-state index contributed by atoms with van der Waals surface area (Å²) in [7, 11) is 1.36. The van der Waals surface area contributed by atoms with E-state index in [2.05, 4.69) is 17.1 Å². The molecule has 2 aromatic carbocycles. The summed E-state index contributed by atoms with van der Waals surface area (Å²) in [5.74, 6) is 0.764.